The van der Waals surface area contributed by atoms with Gasteiger partial charge >= 0.3 is 0 Å². The SMILES string of the molecule is Cc1oc(-c2ccccc2NC(=O)Cc2ccccc2)nc1CNC(=O)c1ccccc1-n1cccn1. The monoisotopic (exact) mass is 491 g/mol. The Bertz CT molecular complexity index is 1520. The van der Waals surface area contributed by atoms with Crippen LogP contribution in [0.4, 0.5) is 5.69 Å². The van der Waals surface area contributed by atoms with Gasteiger partial charge in [0.25, 0.3) is 5.91 Å². The number of oxazole rings is 1. The third kappa shape index (κ3) is 5.48. The van der Waals surface area contributed by atoms with Crippen molar-refractivity contribution in [2.45, 2.75) is 19.9 Å². The summed E-state index contributed by atoms with van der Waals surface area (Å²) in [5.41, 5.74) is 3.98. The lowest BCUT2D eigenvalue weighted by Gasteiger charge is -2.09. The van der Waals surface area contributed by atoms with Gasteiger partial charge in [-0.3, -0.25) is 9.59 Å². The van der Waals surface area contributed by atoms with Crippen molar-refractivity contribution in [2.75, 3.05) is 5.32 Å². The van der Waals surface area contributed by atoms with Gasteiger partial charge in [-0.2, -0.15) is 5.10 Å². The Kier molecular flexibility index (Phi) is 6.89. The fourth-order valence-electron chi connectivity index (χ4n) is 4.00. The number of rotatable bonds is 8. The minimum Gasteiger partial charge on any atom is -0.441 e. The third-order valence-corrected chi connectivity index (χ3v) is 5.85. The maximum Gasteiger partial charge on any atom is 0.253 e. The fraction of sp³-hybridized carbons (Fsp3) is 0.103. The number of aryl methyl sites for hydroxylation is 1. The molecule has 0 spiro atoms. The third-order valence-electron chi connectivity index (χ3n) is 5.85. The Morgan fingerprint density at radius 2 is 1.68 bits per heavy atom. The zero-order valence-electron chi connectivity index (χ0n) is 20.2. The van der Waals surface area contributed by atoms with Crippen LogP contribution < -0.4 is 10.6 Å². The van der Waals surface area contributed by atoms with Crippen molar-refractivity contribution in [3.05, 3.63) is 120 Å². The minimum atomic E-state index is -0.247. The van der Waals surface area contributed by atoms with Gasteiger partial charge in [0.05, 0.1) is 35.5 Å². The quantitative estimate of drug-likeness (QED) is 0.320. The number of nitrogens with zero attached hydrogens (tertiary/aromatic N) is 3. The molecule has 0 aliphatic heterocycles. The first-order valence-electron chi connectivity index (χ1n) is 11.8. The van der Waals surface area contributed by atoms with Gasteiger partial charge in [0.15, 0.2) is 0 Å². The molecule has 2 N–H and O–H groups in total. The molecule has 0 aliphatic carbocycles. The molecule has 2 aromatic heterocycles. The Balaban J connectivity index is 1.30. The summed E-state index contributed by atoms with van der Waals surface area (Å²) in [6.07, 6.45) is 3.71. The lowest BCUT2D eigenvalue weighted by Crippen LogP contribution is -2.24. The second-order valence-corrected chi connectivity index (χ2v) is 8.43. The molecule has 8 nitrogen and oxygen atoms in total. The van der Waals surface area contributed by atoms with Crippen molar-refractivity contribution < 1.29 is 14.0 Å². The van der Waals surface area contributed by atoms with Crippen LogP contribution in [-0.2, 0) is 17.8 Å². The standard InChI is InChI=1S/C29H25N5O3/c1-20-25(19-30-28(36)23-13-6-8-15-26(23)34-17-9-16-31-34)33-29(37-20)22-12-5-7-14-24(22)32-27(35)18-21-10-3-2-4-11-21/h2-17H,18-19H2,1H3,(H,30,36)(H,32,35). The van der Waals surface area contributed by atoms with Crippen LogP contribution in [0.1, 0.15) is 27.4 Å². The molecule has 0 atom stereocenters. The molecule has 0 saturated carbocycles. The highest BCUT2D eigenvalue weighted by Crippen LogP contribution is 2.29. The van der Waals surface area contributed by atoms with Crippen molar-refractivity contribution in [1.29, 1.82) is 0 Å². The molecule has 0 bridgehead atoms. The normalized spacial score (nSPS) is 10.7. The summed E-state index contributed by atoms with van der Waals surface area (Å²) in [5.74, 6) is 0.573. The summed E-state index contributed by atoms with van der Waals surface area (Å²) < 4.78 is 7.58. The molecule has 8 heteroatoms. The van der Waals surface area contributed by atoms with E-state index in [0.717, 1.165) is 5.56 Å². The molecule has 0 radical (unpaired) electrons. The topological polar surface area (TPSA) is 102 Å². The van der Waals surface area contributed by atoms with E-state index in [9.17, 15) is 9.59 Å². The van der Waals surface area contributed by atoms with Crippen LogP contribution in [0.2, 0.25) is 0 Å². The lowest BCUT2D eigenvalue weighted by molar-refractivity contribution is -0.115. The van der Waals surface area contributed by atoms with Crippen LogP contribution in [-0.4, -0.2) is 26.6 Å². The summed E-state index contributed by atoms with van der Waals surface area (Å²) in [7, 11) is 0. The average Bonchev–Trinajstić information content (AvgIpc) is 3.58. The lowest BCUT2D eigenvalue weighted by atomic mass is 10.1. The van der Waals surface area contributed by atoms with Gasteiger partial charge in [-0.25, -0.2) is 9.67 Å². The van der Waals surface area contributed by atoms with Gasteiger partial charge in [0.2, 0.25) is 11.8 Å². The largest absolute Gasteiger partial charge is 0.441 e. The summed E-state index contributed by atoms with van der Waals surface area (Å²) >= 11 is 0. The van der Waals surface area contributed by atoms with E-state index in [1.54, 1.807) is 36.1 Å². The summed E-state index contributed by atoms with van der Waals surface area (Å²) in [4.78, 5) is 30.3. The van der Waals surface area contributed by atoms with Crippen LogP contribution in [0.15, 0.2) is 102 Å². The van der Waals surface area contributed by atoms with Crippen molar-refractivity contribution in [2.24, 2.45) is 0 Å². The molecule has 2 heterocycles. The summed E-state index contributed by atoms with van der Waals surface area (Å²) in [6, 6.07) is 26.0. The molecule has 0 unspecified atom stereocenters. The zero-order chi connectivity index (χ0) is 25.6. The van der Waals surface area contributed by atoms with E-state index in [1.165, 1.54) is 0 Å². The number of hydrogen-bond donors (Lipinski definition) is 2. The molecule has 0 fully saturated rings. The number of carbonyl (C=O) groups excluding carboxylic acids is 2. The number of anilines is 1. The predicted octanol–water partition coefficient (Wildman–Crippen LogP) is 4.95. The number of para-hydroxylation sites is 2. The Labute approximate surface area is 214 Å². The van der Waals surface area contributed by atoms with E-state index < -0.39 is 0 Å². The van der Waals surface area contributed by atoms with Gasteiger partial charge in [-0.05, 0) is 42.8 Å². The van der Waals surface area contributed by atoms with E-state index in [1.807, 2.05) is 72.8 Å². The highest BCUT2D eigenvalue weighted by molar-refractivity contribution is 5.98. The van der Waals surface area contributed by atoms with Gasteiger partial charge in [-0.1, -0.05) is 54.6 Å². The molecule has 0 saturated heterocycles. The molecule has 3 aromatic carbocycles. The van der Waals surface area contributed by atoms with E-state index in [-0.39, 0.29) is 24.8 Å². The van der Waals surface area contributed by atoms with Gasteiger partial charge in [0.1, 0.15) is 11.5 Å². The number of amides is 2. The highest BCUT2D eigenvalue weighted by Gasteiger charge is 2.18. The van der Waals surface area contributed by atoms with Gasteiger partial charge in [0, 0.05) is 12.4 Å². The van der Waals surface area contributed by atoms with E-state index in [2.05, 4.69) is 20.7 Å². The molecule has 5 aromatic rings. The highest BCUT2D eigenvalue weighted by atomic mass is 16.4. The van der Waals surface area contributed by atoms with Crippen LogP contribution in [0.25, 0.3) is 17.1 Å². The van der Waals surface area contributed by atoms with Crippen LogP contribution >= 0.6 is 0 Å². The first kappa shape index (κ1) is 23.7. The number of nitrogens with one attached hydrogen (secondary N) is 2. The van der Waals surface area contributed by atoms with Crippen molar-refractivity contribution in [3.8, 4) is 17.1 Å². The van der Waals surface area contributed by atoms with E-state index >= 15 is 0 Å². The number of hydrogen-bond acceptors (Lipinski definition) is 5. The van der Waals surface area contributed by atoms with Gasteiger partial charge in [-0.15, -0.1) is 0 Å². The van der Waals surface area contributed by atoms with Gasteiger partial charge < -0.3 is 15.1 Å². The molecule has 184 valence electrons. The first-order valence-corrected chi connectivity index (χ1v) is 11.8. The smallest absolute Gasteiger partial charge is 0.253 e. The molecule has 5 rings (SSSR count). The van der Waals surface area contributed by atoms with E-state index in [4.69, 9.17) is 4.42 Å². The Hall–Kier alpha value is -4.98. The molecule has 2 amide bonds. The molecule has 0 aliphatic rings. The maximum atomic E-state index is 13.0. The second-order valence-electron chi connectivity index (χ2n) is 8.43. The summed E-state index contributed by atoms with van der Waals surface area (Å²) in [6.45, 7) is 1.98. The Morgan fingerprint density at radius 3 is 2.49 bits per heavy atom. The predicted molar refractivity (Wildman–Crippen MR) is 140 cm³/mol. The molecular weight excluding hydrogens is 466 g/mol. The fourth-order valence-corrected chi connectivity index (χ4v) is 4.00. The number of benzene rings is 3. The first-order chi connectivity index (χ1) is 18.1. The molecule has 37 heavy (non-hydrogen) atoms. The van der Waals surface area contributed by atoms with Crippen molar-refractivity contribution in [3.63, 3.8) is 0 Å². The number of carbonyl (C=O) groups is 2. The van der Waals surface area contributed by atoms with Crippen LogP contribution in [0, 0.1) is 6.92 Å². The van der Waals surface area contributed by atoms with E-state index in [0.29, 0.717) is 39.8 Å². The number of aromatic nitrogens is 3. The summed E-state index contributed by atoms with van der Waals surface area (Å²) in [5, 5.41) is 10.1. The van der Waals surface area contributed by atoms with Crippen LogP contribution in [0.3, 0.4) is 0 Å². The minimum absolute atomic E-state index is 0.134. The van der Waals surface area contributed by atoms with Crippen molar-refractivity contribution >= 4 is 17.5 Å². The molecular formula is C29H25N5O3. The Morgan fingerprint density at radius 1 is 0.919 bits per heavy atom. The maximum absolute atomic E-state index is 13.0. The average molecular weight is 492 g/mol. The zero-order valence-corrected chi connectivity index (χ0v) is 20.2. The second kappa shape index (κ2) is 10.7. The van der Waals surface area contributed by atoms with Crippen LogP contribution in [0.5, 0.6) is 0 Å². The van der Waals surface area contributed by atoms with Crippen molar-refractivity contribution in [1.82, 2.24) is 20.1 Å².